The average molecular weight is 445 g/mol. The fraction of sp³-hybridized carbons (Fsp3) is 0.480. The van der Waals surface area contributed by atoms with Gasteiger partial charge in [0.05, 0.1) is 33.0 Å². The second kappa shape index (κ2) is 11.8. The zero-order valence-corrected chi connectivity index (χ0v) is 19.1. The molecule has 0 aliphatic carbocycles. The monoisotopic (exact) mass is 444 g/mol. The fourth-order valence-corrected chi connectivity index (χ4v) is 3.68. The summed E-state index contributed by atoms with van der Waals surface area (Å²) in [7, 11) is 1.56. The van der Waals surface area contributed by atoms with Crippen molar-refractivity contribution in [1.82, 2.24) is 10.2 Å². The van der Waals surface area contributed by atoms with E-state index >= 15 is 0 Å². The number of rotatable bonds is 10. The van der Waals surface area contributed by atoms with Crippen LogP contribution in [0.15, 0.2) is 42.5 Å². The first-order valence-corrected chi connectivity index (χ1v) is 11.1. The molecule has 32 heavy (non-hydrogen) atoms. The van der Waals surface area contributed by atoms with Crippen LogP contribution < -0.4 is 14.8 Å². The first-order chi connectivity index (χ1) is 15.5. The number of benzene rings is 2. The number of nitrogens with zero attached hydrogens (tertiary/aromatic N) is 1. The van der Waals surface area contributed by atoms with E-state index in [1.807, 2.05) is 6.07 Å². The van der Waals surface area contributed by atoms with Gasteiger partial charge in [0.1, 0.15) is 5.82 Å². The van der Waals surface area contributed by atoms with Crippen molar-refractivity contribution in [1.29, 1.82) is 0 Å². The van der Waals surface area contributed by atoms with E-state index in [2.05, 4.69) is 24.1 Å². The molecule has 1 saturated heterocycles. The maximum Gasteiger partial charge on any atom is 0.251 e. The van der Waals surface area contributed by atoms with E-state index < -0.39 is 0 Å². The van der Waals surface area contributed by atoms with Crippen molar-refractivity contribution in [2.45, 2.75) is 26.3 Å². The van der Waals surface area contributed by atoms with Gasteiger partial charge < -0.3 is 19.5 Å². The summed E-state index contributed by atoms with van der Waals surface area (Å²) < 4.78 is 30.5. The summed E-state index contributed by atoms with van der Waals surface area (Å²) in [6.45, 7) is 7.93. The van der Waals surface area contributed by atoms with Crippen LogP contribution in [0.25, 0.3) is 0 Å². The molecular formula is C25H33FN2O4. The number of amides is 1. The summed E-state index contributed by atoms with van der Waals surface area (Å²) in [5, 5.41) is 3.00. The number of methoxy groups -OCH3 is 1. The molecule has 174 valence electrons. The molecule has 1 aliphatic heterocycles. The van der Waals surface area contributed by atoms with E-state index in [0.29, 0.717) is 49.3 Å². The first kappa shape index (κ1) is 24.0. The van der Waals surface area contributed by atoms with Gasteiger partial charge in [0.25, 0.3) is 5.91 Å². The number of halogens is 1. The Morgan fingerprint density at radius 1 is 1.16 bits per heavy atom. The standard InChI is InChI=1S/C25H33FN2O4/c1-18(2)9-12-32-23-8-7-20(16-24(23)30-3)25(29)27-17-22(28-10-13-31-14-11-28)19-5-4-6-21(26)15-19/h4-8,15-16,18,22H,9-14,17H2,1-3H3,(H,27,29). The van der Waals surface area contributed by atoms with Crippen molar-refractivity contribution >= 4 is 5.91 Å². The molecule has 0 bridgehead atoms. The summed E-state index contributed by atoms with van der Waals surface area (Å²) in [5.41, 5.74) is 1.32. The molecule has 7 heteroatoms. The largest absolute Gasteiger partial charge is 0.493 e. The molecule has 1 amide bonds. The van der Waals surface area contributed by atoms with Crippen LogP contribution >= 0.6 is 0 Å². The Morgan fingerprint density at radius 2 is 1.94 bits per heavy atom. The number of nitrogens with one attached hydrogen (secondary N) is 1. The van der Waals surface area contributed by atoms with Crippen LogP contribution in [0.5, 0.6) is 11.5 Å². The maximum atomic E-state index is 13.9. The second-order valence-electron chi connectivity index (χ2n) is 8.33. The fourth-order valence-electron chi connectivity index (χ4n) is 3.68. The third-order valence-corrected chi connectivity index (χ3v) is 5.55. The lowest BCUT2D eigenvalue weighted by atomic mass is 10.0. The van der Waals surface area contributed by atoms with Crippen LogP contribution in [0.1, 0.15) is 42.2 Å². The Bertz CT molecular complexity index is 884. The van der Waals surface area contributed by atoms with Crippen molar-refractivity contribution in [2.75, 3.05) is 46.6 Å². The van der Waals surface area contributed by atoms with Crippen LogP contribution in [0, 0.1) is 11.7 Å². The minimum absolute atomic E-state index is 0.140. The van der Waals surface area contributed by atoms with Crippen molar-refractivity contribution in [2.24, 2.45) is 5.92 Å². The van der Waals surface area contributed by atoms with Crippen LogP contribution in [-0.2, 0) is 4.74 Å². The van der Waals surface area contributed by atoms with E-state index in [9.17, 15) is 9.18 Å². The van der Waals surface area contributed by atoms with Gasteiger partial charge in [0, 0.05) is 25.2 Å². The Hall–Kier alpha value is -2.64. The molecule has 0 spiro atoms. The molecule has 0 saturated carbocycles. The van der Waals surface area contributed by atoms with Crippen LogP contribution in [0.3, 0.4) is 0 Å². The van der Waals surface area contributed by atoms with Gasteiger partial charge in [-0.2, -0.15) is 0 Å². The number of hydrogen-bond acceptors (Lipinski definition) is 5. The second-order valence-corrected chi connectivity index (χ2v) is 8.33. The minimum atomic E-state index is -0.287. The molecule has 1 heterocycles. The van der Waals surface area contributed by atoms with Gasteiger partial charge >= 0.3 is 0 Å². The van der Waals surface area contributed by atoms with Gasteiger partial charge in [-0.1, -0.05) is 26.0 Å². The lowest BCUT2D eigenvalue weighted by molar-refractivity contribution is 0.0162. The molecule has 0 radical (unpaired) electrons. The smallest absolute Gasteiger partial charge is 0.251 e. The molecule has 2 aromatic carbocycles. The lowest BCUT2D eigenvalue weighted by Gasteiger charge is -2.35. The minimum Gasteiger partial charge on any atom is -0.493 e. The van der Waals surface area contributed by atoms with Gasteiger partial charge in [-0.05, 0) is 48.2 Å². The van der Waals surface area contributed by atoms with Gasteiger partial charge in [0.15, 0.2) is 11.5 Å². The van der Waals surface area contributed by atoms with Gasteiger partial charge in [0.2, 0.25) is 0 Å². The Morgan fingerprint density at radius 3 is 2.62 bits per heavy atom. The zero-order chi connectivity index (χ0) is 22.9. The summed E-state index contributed by atoms with van der Waals surface area (Å²) in [6, 6.07) is 11.6. The first-order valence-electron chi connectivity index (χ1n) is 11.1. The molecule has 6 nitrogen and oxygen atoms in total. The topological polar surface area (TPSA) is 60.0 Å². The molecule has 1 aliphatic rings. The van der Waals surface area contributed by atoms with E-state index in [-0.39, 0.29) is 17.8 Å². The highest BCUT2D eigenvalue weighted by atomic mass is 19.1. The third-order valence-electron chi connectivity index (χ3n) is 5.55. The Balaban J connectivity index is 1.68. The molecular weight excluding hydrogens is 411 g/mol. The normalized spacial score (nSPS) is 15.4. The lowest BCUT2D eigenvalue weighted by Crippen LogP contribution is -2.43. The highest BCUT2D eigenvalue weighted by Gasteiger charge is 2.24. The number of carbonyl (C=O) groups is 1. The predicted molar refractivity (Wildman–Crippen MR) is 122 cm³/mol. The van der Waals surface area contributed by atoms with Crippen molar-refractivity contribution in [3.63, 3.8) is 0 Å². The quantitative estimate of drug-likeness (QED) is 0.599. The molecule has 0 aromatic heterocycles. The summed E-state index contributed by atoms with van der Waals surface area (Å²) >= 11 is 0. The molecule has 1 atom stereocenters. The highest BCUT2D eigenvalue weighted by Crippen LogP contribution is 2.29. The molecule has 2 aromatic rings. The number of ether oxygens (including phenoxy) is 3. The van der Waals surface area contributed by atoms with Crippen LogP contribution in [-0.4, -0.2) is 57.4 Å². The zero-order valence-electron chi connectivity index (χ0n) is 19.1. The molecule has 1 N–H and O–H groups in total. The Labute approximate surface area is 189 Å². The number of carbonyl (C=O) groups excluding carboxylic acids is 1. The van der Waals surface area contributed by atoms with Crippen molar-refractivity contribution in [3.8, 4) is 11.5 Å². The average Bonchev–Trinajstić information content (AvgIpc) is 2.80. The highest BCUT2D eigenvalue weighted by molar-refractivity contribution is 5.94. The SMILES string of the molecule is COc1cc(C(=O)NCC(c2cccc(F)c2)N2CCOCC2)ccc1OCCC(C)C. The molecule has 1 unspecified atom stereocenters. The Kier molecular flexibility index (Phi) is 8.88. The third kappa shape index (κ3) is 6.68. The van der Waals surface area contributed by atoms with Gasteiger partial charge in [-0.25, -0.2) is 4.39 Å². The van der Waals surface area contributed by atoms with Crippen LogP contribution in [0.4, 0.5) is 4.39 Å². The maximum absolute atomic E-state index is 13.9. The molecule has 3 rings (SSSR count). The van der Waals surface area contributed by atoms with Gasteiger partial charge in [-0.3, -0.25) is 9.69 Å². The van der Waals surface area contributed by atoms with Gasteiger partial charge in [-0.15, -0.1) is 0 Å². The predicted octanol–water partition coefficient (Wildman–Crippen LogP) is 4.06. The van der Waals surface area contributed by atoms with Crippen molar-refractivity contribution in [3.05, 3.63) is 59.4 Å². The van der Waals surface area contributed by atoms with E-state index in [1.165, 1.54) is 12.1 Å². The number of morpholine rings is 1. The van der Waals surface area contributed by atoms with E-state index in [0.717, 1.165) is 25.1 Å². The number of hydrogen-bond donors (Lipinski definition) is 1. The van der Waals surface area contributed by atoms with Crippen molar-refractivity contribution < 1.29 is 23.4 Å². The summed E-state index contributed by atoms with van der Waals surface area (Å²) in [6.07, 6.45) is 0.939. The van der Waals surface area contributed by atoms with Crippen LogP contribution in [0.2, 0.25) is 0 Å². The summed E-state index contributed by atoms with van der Waals surface area (Å²) in [5.74, 6) is 1.19. The summed E-state index contributed by atoms with van der Waals surface area (Å²) in [4.78, 5) is 15.1. The van der Waals surface area contributed by atoms with E-state index in [1.54, 1.807) is 31.4 Å². The van der Waals surface area contributed by atoms with E-state index in [4.69, 9.17) is 14.2 Å². The molecule has 1 fully saturated rings.